The number of nitro benzene ring substituents is 1. The summed E-state index contributed by atoms with van der Waals surface area (Å²) in [6.07, 6.45) is 0. The van der Waals surface area contributed by atoms with Gasteiger partial charge in [0.25, 0.3) is 11.6 Å². The third-order valence-electron chi connectivity index (χ3n) is 6.58. The molecule has 200 valence electrons. The van der Waals surface area contributed by atoms with Gasteiger partial charge in [0.2, 0.25) is 0 Å². The molecule has 0 radical (unpaired) electrons. The zero-order valence-electron chi connectivity index (χ0n) is 22.0. The van der Waals surface area contributed by atoms with Gasteiger partial charge in [-0.15, -0.1) is 10.2 Å². The molecule has 1 amide bonds. The van der Waals surface area contributed by atoms with E-state index in [1.54, 1.807) is 24.3 Å². The van der Waals surface area contributed by atoms with E-state index in [2.05, 4.69) is 34.6 Å². The maximum absolute atomic E-state index is 13.1. The summed E-state index contributed by atoms with van der Waals surface area (Å²) in [7, 11) is 0. The van der Waals surface area contributed by atoms with Crippen molar-refractivity contribution in [3.63, 3.8) is 0 Å². The Morgan fingerprint density at radius 2 is 1.55 bits per heavy atom. The Hall–Kier alpha value is -4.76. The summed E-state index contributed by atoms with van der Waals surface area (Å²) < 4.78 is 1.84. The molecule has 5 rings (SSSR count). The fraction of sp³-hybridized carbons (Fsp3) is 0.129. The van der Waals surface area contributed by atoms with Crippen LogP contribution in [0.4, 0.5) is 5.69 Å². The van der Waals surface area contributed by atoms with Crippen LogP contribution in [0.2, 0.25) is 0 Å². The lowest BCUT2D eigenvalue weighted by Gasteiger charge is -2.17. The highest BCUT2D eigenvalue weighted by Crippen LogP contribution is 2.29. The lowest BCUT2D eigenvalue weighted by molar-refractivity contribution is -0.384. The molecule has 40 heavy (non-hydrogen) atoms. The first-order valence-corrected chi connectivity index (χ1v) is 13.7. The van der Waals surface area contributed by atoms with E-state index in [1.165, 1.54) is 35.0 Å². The van der Waals surface area contributed by atoms with Gasteiger partial charge in [-0.2, -0.15) is 0 Å². The van der Waals surface area contributed by atoms with E-state index in [4.69, 9.17) is 0 Å². The largest absolute Gasteiger partial charge is 0.342 e. The minimum Gasteiger partial charge on any atom is -0.342 e. The summed E-state index contributed by atoms with van der Waals surface area (Å²) in [5.41, 5.74) is 5.65. The fourth-order valence-electron chi connectivity index (χ4n) is 4.32. The Bertz CT molecular complexity index is 1630. The van der Waals surface area contributed by atoms with E-state index in [0.29, 0.717) is 28.0 Å². The SMILES string of the molecule is Cc1ccccc1CSc1nnc(C(C)NC(=O)c2ccc(-c3ccccc3)cc2)n1-c1ccc([N+](=O)[O-])cc1. The van der Waals surface area contributed by atoms with Crippen molar-refractivity contribution in [3.05, 3.63) is 136 Å². The van der Waals surface area contributed by atoms with Crippen LogP contribution < -0.4 is 5.32 Å². The molecule has 0 bridgehead atoms. The van der Waals surface area contributed by atoms with Crippen LogP contribution in [0, 0.1) is 17.0 Å². The van der Waals surface area contributed by atoms with Gasteiger partial charge in [0.05, 0.1) is 11.0 Å². The third-order valence-corrected chi connectivity index (χ3v) is 7.56. The van der Waals surface area contributed by atoms with Gasteiger partial charge in [-0.3, -0.25) is 19.5 Å². The first-order chi connectivity index (χ1) is 19.4. The average molecular weight is 550 g/mol. The molecule has 9 heteroatoms. The van der Waals surface area contributed by atoms with E-state index in [1.807, 2.05) is 66.1 Å². The molecule has 0 aliphatic carbocycles. The summed E-state index contributed by atoms with van der Waals surface area (Å²) in [6.45, 7) is 3.91. The Kier molecular flexibility index (Phi) is 8.02. The van der Waals surface area contributed by atoms with Crippen LogP contribution in [0.25, 0.3) is 16.8 Å². The normalized spacial score (nSPS) is 11.7. The van der Waals surface area contributed by atoms with Crippen molar-refractivity contribution < 1.29 is 9.72 Å². The summed E-state index contributed by atoms with van der Waals surface area (Å²) in [6, 6.07) is 31.3. The van der Waals surface area contributed by atoms with Crippen LogP contribution in [-0.4, -0.2) is 25.6 Å². The number of aryl methyl sites for hydroxylation is 1. The van der Waals surface area contributed by atoms with E-state index < -0.39 is 11.0 Å². The van der Waals surface area contributed by atoms with Crippen molar-refractivity contribution in [1.29, 1.82) is 0 Å². The fourth-order valence-corrected chi connectivity index (χ4v) is 5.36. The minimum absolute atomic E-state index is 0.00668. The minimum atomic E-state index is -0.489. The van der Waals surface area contributed by atoms with Crippen molar-refractivity contribution in [3.8, 4) is 16.8 Å². The number of hydrogen-bond acceptors (Lipinski definition) is 6. The quantitative estimate of drug-likeness (QED) is 0.121. The molecule has 5 aromatic rings. The van der Waals surface area contributed by atoms with E-state index in [9.17, 15) is 14.9 Å². The van der Waals surface area contributed by atoms with Crippen LogP contribution in [0.3, 0.4) is 0 Å². The van der Waals surface area contributed by atoms with Gasteiger partial charge in [-0.25, -0.2) is 0 Å². The van der Waals surface area contributed by atoms with Gasteiger partial charge in [0, 0.05) is 29.1 Å². The number of carbonyl (C=O) groups excluding carboxylic acids is 1. The van der Waals surface area contributed by atoms with Crippen molar-refractivity contribution in [2.75, 3.05) is 0 Å². The first kappa shape index (κ1) is 26.8. The van der Waals surface area contributed by atoms with Crippen molar-refractivity contribution in [2.24, 2.45) is 0 Å². The second-order valence-corrected chi connectivity index (χ2v) is 10.2. The highest BCUT2D eigenvalue weighted by Gasteiger charge is 2.22. The molecular formula is C31H27N5O3S. The number of benzene rings is 4. The smallest absolute Gasteiger partial charge is 0.269 e. The van der Waals surface area contributed by atoms with Gasteiger partial charge in [-0.05, 0) is 60.4 Å². The zero-order valence-corrected chi connectivity index (χ0v) is 22.8. The number of nitrogens with one attached hydrogen (secondary N) is 1. The number of amides is 1. The molecule has 0 spiro atoms. The molecule has 0 saturated carbocycles. The number of aromatic nitrogens is 3. The van der Waals surface area contributed by atoms with Gasteiger partial charge in [0.1, 0.15) is 0 Å². The number of carbonyl (C=O) groups is 1. The van der Waals surface area contributed by atoms with E-state index >= 15 is 0 Å². The third kappa shape index (κ3) is 5.94. The highest BCUT2D eigenvalue weighted by molar-refractivity contribution is 7.98. The molecule has 1 heterocycles. The molecule has 0 aliphatic rings. The molecule has 4 aromatic carbocycles. The lowest BCUT2D eigenvalue weighted by Crippen LogP contribution is -2.28. The van der Waals surface area contributed by atoms with Gasteiger partial charge in [0.15, 0.2) is 11.0 Å². The van der Waals surface area contributed by atoms with Crippen LogP contribution in [-0.2, 0) is 5.75 Å². The maximum atomic E-state index is 13.1. The molecule has 0 saturated heterocycles. The number of non-ortho nitro benzene ring substituents is 1. The summed E-state index contributed by atoms with van der Waals surface area (Å²) in [4.78, 5) is 23.9. The van der Waals surface area contributed by atoms with Gasteiger partial charge >= 0.3 is 0 Å². The van der Waals surface area contributed by atoms with E-state index in [-0.39, 0.29) is 11.6 Å². The standard InChI is InChI=1S/C31H27N5O3S/c1-21-8-6-7-11-26(21)20-40-31-34-33-29(35(31)27-16-18-28(19-17-27)36(38)39)22(2)32-30(37)25-14-12-24(13-15-25)23-9-4-3-5-10-23/h3-19,22H,20H2,1-2H3,(H,32,37). The van der Waals surface area contributed by atoms with Crippen molar-refractivity contribution >= 4 is 23.4 Å². The monoisotopic (exact) mass is 549 g/mol. The van der Waals surface area contributed by atoms with Crippen LogP contribution in [0.1, 0.15) is 40.3 Å². The highest BCUT2D eigenvalue weighted by atomic mass is 32.2. The molecular weight excluding hydrogens is 522 g/mol. The summed E-state index contributed by atoms with van der Waals surface area (Å²) in [5, 5.41) is 23.7. The van der Waals surface area contributed by atoms with Crippen LogP contribution in [0.5, 0.6) is 0 Å². The van der Waals surface area contributed by atoms with Gasteiger partial charge in [-0.1, -0.05) is 78.5 Å². The Morgan fingerprint density at radius 1 is 0.900 bits per heavy atom. The van der Waals surface area contributed by atoms with Crippen molar-refractivity contribution in [1.82, 2.24) is 20.1 Å². The maximum Gasteiger partial charge on any atom is 0.269 e. The average Bonchev–Trinajstić information content (AvgIpc) is 3.41. The molecule has 1 atom stereocenters. The lowest BCUT2D eigenvalue weighted by atomic mass is 10.0. The molecule has 0 fully saturated rings. The van der Waals surface area contributed by atoms with E-state index in [0.717, 1.165) is 11.1 Å². The molecule has 0 aliphatic heterocycles. The molecule has 1 unspecified atom stereocenters. The zero-order chi connectivity index (χ0) is 28.1. The Balaban J connectivity index is 1.40. The second-order valence-electron chi connectivity index (χ2n) is 9.30. The number of nitrogens with zero attached hydrogens (tertiary/aromatic N) is 4. The number of thioether (sulfide) groups is 1. The topological polar surface area (TPSA) is 103 Å². The first-order valence-electron chi connectivity index (χ1n) is 12.7. The number of rotatable bonds is 9. The molecule has 1 aromatic heterocycles. The Morgan fingerprint density at radius 3 is 2.23 bits per heavy atom. The molecule has 8 nitrogen and oxygen atoms in total. The summed E-state index contributed by atoms with van der Waals surface area (Å²) in [5.74, 6) is 0.960. The number of nitro groups is 1. The second kappa shape index (κ2) is 12.0. The number of hydrogen-bond donors (Lipinski definition) is 1. The Labute approximate surface area is 236 Å². The predicted molar refractivity (Wildman–Crippen MR) is 157 cm³/mol. The summed E-state index contributed by atoms with van der Waals surface area (Å²) >= 11 is 1.52. The molecule has 1 N–H and O–H groups in total. The van der Waals surface area contributed by atoms with Crippen molar-refractivity contribution in [2.45, 2.75) is 30.8 Å². The van der Waals surface area contributed by atoms with Gasteiger partial charge < -0.3 is 5.32 Å². The predicted octanol–water partition coefficient (Wildman–Crippen LogP) is 6.93. The van der Waals surface area contributed by atoms with Crippen LogP contribution in [0.15, 0.2) is 108 Å². The van der Waals surface area contributed by atoms with Crippen LogP contribution >= 0.6 is 11.8 Å².